The average Bonchev–Trinajstić information content (AvgIpc) is 2.44. The van der Waals surface area contributed by atoms with Gasteiger partial charge in [-0.25, -0.2) is 0 Å². The van der Waals surface area contributed by atoms with E-state index in [-0.39, 0.29) is 5.91 Å². The SMILES string of the molecule is CC[C@H](Oc1ccccc1)C(=O)Nc1cc(C)cc(C)c1. The van der Waals surface area contributed by atoms with Gasteiger partial charge in [0.25, 0.3) is 5.91 Å². The summed E-state index contributed by atoms with van der Waals surface area (Å²) >= 11 is 0. The Morgan fingerprint density at radius 2 is 1.71 bits per heavy atom. The van der Waals surface area contributed by atoms with Gasteiger partial charge in [-0.15, -0.1) is 0 Å². The van der Waals surface area contributed by atoms with E-state index in [9.17, 15) is 4.79 Å². The molecule has 0 aliphatic carbocycles. The van der Waals surface area contributed by atoms with Gasteiger partial charge in [0.05, 0.1) is 0 Å². The van der Waals surface area contributed by atoms with Gasteiger partial charge >= 0.3 is 0 Å². The molecular weight excluding hydrogens is 262 g/mol. The van der Waals surface area contributed by atoms with Crippen molar-refractivity contribution in [3.8, 4) is 5.75 Å². The third-order valence-electron chi connectivity index (χ3n) is 3.17. The standard InChI is InChI=1S/C18H21NO2/c1-4-17(21-16-8-6-5-7-9-16)18(20)19-15-11-13(2)10-14(3)12-15/h5-12,17H,4H2,1-3H3,(H,19,20)/t17-/m0/s1. The Morgan fingerprint density at radius 3 is 2.29 bits per heavy atom. The zero-order valence-electron chi connectivity index (χ0n) is 12.7. The summed E-state index contributed by atoms with van der Waals surface area (Å²) in [4.78, 5) is 12.3. The highest BCUT2D eigenvalue weighted by atomic mass is 16.5. The third kappa shape index (κ3) is 4.35. The van der Waals surface area contributed by atoms with Crippen LogP contribution in [0.3, 0.4) is 0 Å². The van der Waals surface area contributed by atoms with E-state index in [2.05, 4.69) is 11.4 Å². The molecule has 3 heteroatoms. The van der Waals surface area contributed by atoms with Crippen molar-refractivity contribution in [3.63, 3.8) is 0 Å². The summed E-state index contributed by atoms with van der Waals surface area (Å²) < 4.78 is 5.75. The Morgan fingerprint density at radius 1 is 1.10 bits per heavy atom. The molecule has 0 radical (unpaired) electrons. The van der Waals surface area contributed by atoms with E-state index in [4.69, 9.17) is 4.74 Å². The number of rotatable bonds is 5. The maximum Gasteiger partial charge on any atom is 0.265 e. The van der Waals surface area contributed by atoms with Crippen LogP contribution < -0.4 is 10.1 Å². The molecule has 2 aromatic rings. The summed E-state index contributed by atoms with van der Waals surface area (Å²) in [5.41, 5.74) is 3.07. The van der Waals surface area contributed by atoms with Crippen molar-refractivity contribution in [2.45, 2.75) is 33.3 Å². The predicted molar refractivity (Wildman–Crippen MR) is 85.7 cm³/mol. The molecule has 1 amide bonds. The first kappa shape index (κ1) is 15.1. The Labute approximate surface area is 126 Å². The third-order valence-corrected chi connectivity index (χ3v) is 3.17. The molecule has 0 aromatic heterocycles. The lowest BCUT2D eigenvalue weighted by atomic mass is 10.1. The molecule has 0 aliphatic heterocycles. The summed E-state index contributed by atoms with van der Waals surface area (Å²) in [5.74, 6) is 0.589. The average molecular weight is 283 g/mol. The van der Waals surface area contributed by atoms with Gasteiger partial charge in [-0.1, -0.05) is 31.2 Å². The molecule has 0 fully saturated rings. The molecule has 110 valence electrons. The van der Waals surface area contributed by atoms with Gasteiger partial charge in [-0.3, -0.25) is 4.79 Å². The quantitative estimate of drug-likeness (QED) is 0.897. The summed E-state index contributed by atoms with van der Waals surface area (Å²) in [7, 11) is 0. The summed E-state index contributed by atoms with van der Waals surface area (Å²) in [6.45, 7) is 5.97. The van der Waals surface area contributed by atoms with Crippen molar-refractivity contribution in [3.05, 3.63) is 59.7 Å². The van der Waals surface area contributed by atoms with Gasteiger partial charge in [0.15, 0.2) is 6.10 Å². The van der Waals surface area contributed by atoms with Crippen LogP contribution in [0.2, 0.25) is 0 Å². The molecule has 3 nitrogen and oxygen atoms in total. The molecular formula is C18H21NO2. The van der Waals surface area contributed by atoms with Crippen LogP contribution >= 0.6 is 0 Å². The number of ether oxygens (including phenoxy) is 1. The van der Waals surface area contributed by atoms with Crippen LogP contribution in [0, 0.1) is 13.8 Å². The van der Waals surface area contributed by atoms with Crippen LogP contribution in [0.25, 0.3) is 0 Å². The second-order valence-electron chi connectivity index (χ2n) is 5.19. The summed E-state index contributed by atoms with van der Waals surface area (Å²) in [6, 6.07) is 15.4. The molecule has 0 saturated heterocycles. The summed E-state index contributed by atoms with van der Waals surface area (Å²) in [5, 5.41) is 2.93. The fraction of sp³-hybridized carbons (Fsp3) is 0.278. The van der Waals surface area contributed by atoms with Crippen molar-refractivity contribution in [1.29, 1.82) is 0 Å². The zero-order chi connectivity index (χ0) is 15.2. The number of benzene rings is 2. The van der Waals surface area contributed by atoms with E-state index in [0.717, 1.165) is 16.8 Å². The lowest BCUT2D eigenvalue weighted by Crippen LogP contribution is -2.32. The monoisotopic (exact) mass is 283 g/mol. The van der Waals surface area contributed by atoms with Crippen molar-refractivity contribution in [2.24, 2.45) is 0 Å². The van der Waals surface area contributed by atoms with Crippen LogP contribution in [0.1, 0.15) is 24.5 Å². The first-order chi connectivity index (χ1) is 10.1. The van der Waals surface area contributed by atoms with Gasteiger partial charge in [0, 0.05) is 5.69 Å². The van der Waals surface area contributed by atoms with Gasteiger partial charge < -0.3 is 10.1 Å². The van der Waals surface area contributed by atoms with Crippen LogP contribution in [0.4, 0.5) is 5.69 Å². The largest absolute Gasteiger partial charge is 0.481 e. The molecule has 0 unspecified atom stereocenters. The highest BCUT2D eigenvalue weighted by Gasteiger charge is 2.18. The molecule has 2 aromatic carbocycles. The minimum Gasteiger partial charge on any atom is -0.481 e. The van der Waals surface area contributed by atoms with Crippen LogP contribution in [0.5, 0.6) is 5.75 Å². The maximum absolute atomic E-state index is 12.3. The molecule has 21 heavy (non-hydrogen) atoms. The fourth-order valence-electron chi connectivity index (χ4n) is 2.26. The molecule has 0 spiro atoms. The smallest absolute Gasteiger partial charge is 0.265 e. The second kappa shape index (κ2) is 6.93. The predicted octanol–water partition coefficient (Wildman–Crippen LogP) is 4.10. The lowest BCUT2D eigenvalue weighted by Gasteiger charge is -2.17. The first-order valence-electron chi connectivity index (χ1n) is 7.19. The molecule has 0 saturated carbocycles. The van der Waals surface area contributed by atoms with Crippen LogP contribution in [-0.2, 0) is 4.79 Å². The van der Waals surface area contributed by atoms with Crippen LogP contribution in [-0.4, -0.2) is 12.0 Å². The van der Waals surface area contributed by atoms with Crippen LogP contribution in [0.15, 0.2) is 48.5 Å². The lowest BCUT2D eigenvalue weighted by molar-refractivity contribution is -0.122. The fourth-order valence-corrected chi connectivity index (χ4v) is 2.26. The van der Waals surface area contributed by atoms with E-state index in [1.54, 1.807) is 0 Å². The van der Waals surface area contributed by atoms with Gasteiger partial charge in [0.2, 0.25) is 0 Å². The zero-order valence-corrected chi connectivity index (χ0v) is 12.7. The highest BCUT2D eigenvalue weighted by Crippen LogP contribution is 2.17. The number of hydrogen-bond donors (Lipinski definition) is 1. The van der Waals surface area contributed by atoms with Crippen molar-refractivity contribution in [1.82, 2.24) is 0 Å². The topological polar surface area (TPSA) is 38.3 Å². The molecule has 0 aliphatic rings. The van der Waals surface area contributed by atoms with E-state index in [0.29, 0.717) is 12.2 Å². The van der Waals surface area contributed by atoms with Gasteiger partial charge in [-0.2, -0.15) is 0 Å². The maximum atomic E-state index is 12.3. The van der Waals surface area contributed by atoms with Crippen molar-refractivity contribution in [2.75, 3.05) is 5.32 Å². The van der Waals surface area contributed by atoms with Gasteiger partial charge in [0.1, 0.15) is 5.75 Å². The first-order valence-corrected chi connectivity index (χ1v) is 7.19. The Hall–Kier alpha value is -2.29. The molecule has 0 bridgehead atoms. The van der Waals surface area contributed by atoms with E-state index in [1.807, 2.05) is 63.2 Å². The van der Waals surface area contributed by atoms with Crippen molar-refractivity contribution >= 4 is 11.6 Å². The van der Waals surface area contributed by atoms with E-state index in [1.165, 1.54) is 0 Å². The Bertz CT molecular complexity index is 588. The second-order valence-corrected chi connectivity index (χ2v) is 5.19. The number of hydrogen-bond acceptors (Lipinski definition) is 2. The number of aryl methyl sites for hydroxylation is 2. The molecule has 0 heterocycles. The number of carbonyl (C=O) groups is 1. The Kier molecular flexibility index (Phi) is 4.99. The number of nitrogens with one attached hydrogen (secondary N) is 1. The normalized spacial score (nSPS) is 11.8. The number of anilines is 1. The highest BCUT2D eigenvalue weighted by molar-refractivity contribution is 5.94. The number of carbonyl (C=O) groups excluding carboxylic acids is 1. The van der Waals surface area contributed by atoms with E-state index >= 15 is 0 Å². The Balaban J connectivity index is 2.06. The minimum atomic E-state index is -0.492. The van der Waals surface area contributed by atoms with Crippen molar-refractivity contribution < 1.29 is 9.53 Å². The molecule has 1 atom stereocenters. The number of amides is 1. The number of para-hydroxylation sites is 1. The molecule has 2 rings (SSSR count). The van der Waals surface area contributed by atoms with E-state index < -0.39 is 6.10 Å². The molecule has 1 N–H and O–H groups in total. The van der Waals surface area contributed by atoms with Gasteiger partial charge in [-0.05, 0) is 55.7 Å². The minimum absolute atomic E-state index is 0.119. The summed E-state index contributed by atoms with van der Waals surface area (Å²) in [6.07, 6.45) is 0.124.